The first kappa shape index (κ1) is 12.7. The zero-order valence-electron chi connectivity index (χ0n) is 10.8. The average Bonchev–Trinajstić information content (AvgIpc) is 2.34. The molecular weight excluding hydrogens is 234 g/mol. The molecule has 1 N–H and O–H groups in total. The summed E-state index contributed by atoms with van der Waals surface area (Å²) >= 11 is 0. The fourth-order valence-corrected chi connectivity index (χ4v) is 2.03. The predicted octanol–water partition coefficient (Wildman–Crippen LogP) is 0.911. The Kier molecular flexibility index (Phi) is 3.17. The van der Waals surface area contributed by atoms with E-state index in [2.05, 4.69) is 0 Å². The Morgan fingerprint density at radius 3 is 2.11 bits per heavy atom. The fraction of sp³-hybridized carbons (Fsp3) is 0.462. The highest BCUT2D eigenvalue weighted by atomic mass is 16.5. The number of carbonyl (C=O) groups excluding carboxylic acids is 1. The number of β-amino-alcohol motifs (C(OH)–C–C–N with tert-alkyl or cyclic N) is 1. The summed E-state index contributed by atoms with van der Waals surface area (Å²) in [6.45, 7) is 2.42. The zero-order valence-corrected chi connectivity index (χ0v) is 10.8. The van der Waals surface area contributed by atoms with Crippen LogP contribution in [0.1, 0.15) is 17.3 Å². The molecule has 0 atom stereocenters. The molecule has 0 saturated carbocycles. The van der Waals surface area contributed by atoms with Gasteiger partial charge in [0.15, 0.2) is 0 Å². The number of carbonyl (C=O) groups is 1. The Labute approximate surface area is 106 Å². The van der Waals surface area contributed by atoms with Crippen molar-refractivity contribution in [1.29, 1.82) is 0 Å². The van der Waals surface area contributed by atoms with Crippen LogP contribution in [-0.2, 0) is 0 Å². The van der Waals surface area contributed by atoms with Crippen molar-refractivity contribution in [2.24, 2.45) is 0 Å². The molecule has 18 heavy (non-hydrogen) atoms. The molecular formula is C13H17NO4. The molecule has 0 spiro atoms. The normalized spacial score (nSPS) is 17.0. The number of rotatable bonds is 3. The quantitative estimate of drug-likeness (QED) is 0.867. The van der Waals surface area contributed by atoms with Crippen molar-refractivity contribution in [2.75, 3.05) is 27.3 Å². The van der Waals surface area contributed by atoms with Crippen LogP contribution in [0, 0.1) is 0 Å². The first-order valence-electron chi connectivity index (χ1n) is 5.70. The number of amides is 1. The van der Waals surface area contributed by atoms with Gasteiger partial charge in [-0.15, -0.1) is 0 Å². The lowest BCUT2D eigenvalue weighted by Crippen LogP contribution is -2.61. The van der Waals surface area contributed by atoms with Crippen molar-refractivity contribution in [3.8, 4) is 11.5 Å². The number of hydrogen-bond acceptors (Lipinski definition) is 4. The Morgan fingerprint density at radius 2 is 1.72 bits per heavy atom. The van der Waals surface area contributed by atoms with Gasteiger partial charge in [-0.1, -0.05) is 0 Å². The largest absolute Gasteiger partial charge is 0.497 e. The first-order valence-corrected chi connectivity index (χ1v) is 5.70. The molecule has 0 bridgehead atoms. The van der Waals surface area contributed by atoms with Gasteiger partial charge in [0.2, 0.25) is 0 Å². The van der Waals surface area contributed by atoms with Crippen molar-refractivity contribution in [2.45, 2.75) is 12.5 Å². The van der Waals surface area contributed by atoms with Crippen molar-refractivity contribution >= 4 is 5.91 Å². The van der Waals surface area contributed by atoms with Crippen LogP contribution in [0.3, 0.4) is 0 Å². The third-order valence-corrected chi connectivity index (χ3v) is 2.95. The van der Waals surface area contributed by atoms with Gasteiger partial charge < -0.3 is 19.5 Å². The smallest absolute Gasteiger partial charge is 0.254 e. The Balaban J connectivity index is 2.20. The van der Waals surface area contributed by atoms with Crippen LogP contribution in [0.2, 0.25) is 0 Å². The summed E-state index contributed by atoms with van der Waals surface area (Å²) in [5.41, 5.74) is -0.264. The van der Waals surface area contributed by atoms with Crippen molar-refractivity contribution in [3.05, 3.63) is 23.8 Å². The van der Waals surface area contributed by atoms with E-state index in [0.29, 0.717) is 30.2 Å². The van der Waals surface area contributed by atoms with Gasteiger partial charge in [-0.3, -0.25) is 4.79 Å². The number of likely N-dealkylation sites (tertiary alicyclic amines) is 1. The van der Waals surface area contributed by atoms with Crippen molar-refractivity contribution in [3.63, 3.8) is 0 Å². The summed E-state index contributed by atoms with van der Waals surface area (Å²) in [5.74, 6) is 1.02. The molecule has 2 rings (SSSR count). The van der Waals surface area contributed by atoms with Crippen LogP contribution < -0.4 is 9.47 Å². The number of methoxy groups -OCH3 is 2. The molecule has 5 nitrogen and oxygen atoms in total. The highest BCUT2D eigenvalue weighted by Crippen LogP contribution is 2.27. The summed E-state index contributed by atoms with van der Waals surface area (Å²) in [4.78, 5) is 13.7. The SMILES string of the molecule is COc1cc(OC)cc(C(=O)N2CC(C)(O)C2)c1. The van der Waals surface area contributed by atoms with Gasteiger partial charge in [0.25, 0.3) is 5.91 Å². The molecule has 0 unspecified atom stereocenters. The first-order chi connectivity index (χ1) is 8.45. The van der Waals surface area contributed by atoms with E-state index in [1.54, 1.807) is 30.0 Å². The lowest BCUT2D eigenvalue weighted by Gasteiger charge is -2.44. The zero-order chi connectivity index (χ0) is 13.3. The highest BCUT2D eigenvalue weighted by molar-refractivity contribution is 5.95. The van der Waals surface area contributed by atoms with E-state index >= 15 is 0 Å². The van der Waals surface area contributed by atoms with E-state index in [4.69, 9.17) is 9.47 Å². The van der Waals surface area contributed by atoms with E-state index in [1.807, 2.05) is 0 Å². The van der Waals surface area contributed by atoms with Gasteiger partial charge >= 0.3 is 0 Å². The monoisotopic (exact) mass is 251 g/mol. The van der Waals surface area contributed by atoms with E-state index in [9.17, 15) is 9.90 Å². The van der Waals surface area contributed by atoms with Gasteiger partial charge in [-0.2, -0.15) is 0 Å². The number of ether oxygens (including phenoxy) is 2. The summed E-state index contributed by atoms with van der Waals surface area (Å²) in [5, 5.41) is 9.64. The molecule has 1 aliphatic rings. The maximum atomic E-state index is 12.2. The molecule has 0 radical (unpaired) electrons. The van der Waals surface area contributed by atoms with Crippen LogP contribution >= 0.6 is 0 Å². The molecule has 1 aliphatic heterocycles. The fourth-order valence-electron chi connectivity index (χ4n) is 2.03. The molecule has 5 heteroatoms. The minimum Gasteiger partial charge on any atom is -0.497 e. The van der Waals surface area contributed by atoms with Crippen LogP contribution in [-0.4, -0.2) is 48.8 Å². The number of benzene rings is 1. The van der Waals surface area contributed by atoms with Crippen LogP contribution in [0.25, 0.3) is 0 Å². The van der Waals surface area contributed by atoms with E-state index in [-0.39, 0.29) is 5.91 Å². The maximum absolute atomic E-state index is 12.2. The third-order valence-electron chi connectivity index (χ3n) is 2.95. The lowest BCUT2D eigenvalue weighted by atomic mass is 9.96. The molecule has 1 fully saturated rings. The van der Waals surface area contributed by atoms with Crippen molar-refractivity contribution < 1.29 is 19.4 Å². The lowest BCUT2D eigenvalue weighted by molar-refractivity contribution is -0.0668. The summed E-state index contributed by atoms with van der Waals surface area (Å²) in [6, 6.07) is 5.04. The van der Waals surface area contributed by atoms with Gasteiger partial charge in [0, 0.05) is 11.6 Å². The molecule has 1 amide bonds. The summed E-state index contributed by atoms with van der Waals surface area (Å²) in [6.07, 6.45) is 0. The topological polar surface area (TPSA) is 59.0 Å². The standard InChI is InChI=1S/C13H17NO4/c1-13(16)7-14(8-13)12(15)9-4-10(17-2)6-11(5-9)18-3/h4-6,16H,7-8H2,1-3H3. The van der Waals surface area contributed by atoms with E-state index in [0.717, 1.165) is 0 Å². The molecule has 1 heterocycles. The van der Waals surface area contributed by atoms with Gasteiger partial charge in [-0.05, 0) is 19.1 Å². The average molecular weight is 251 g/mol. The third kappa shape index (κ3) is 2.41. The van der Waals surface area contributed by atoms with Crippen molar-refractivity contribution in [1.82, 2.24) is 4.90 Å². The number of hydrogen-bond donors (Lipinski definition) is 1. The van der Waals surface area contributed by atoms with E-state index < -0.39 is 5.60 Å². The molecule has 1 aromatic rings. The number of aliphatic hydroxyl groups is 1. The number of nitrogens with zero attached hydrogens (tertiary/aromatic N) is 1. The highest BCUT2D eigenvalue weighted by Gasteiger charge is 2.39. The summed E-state index contributed by atoms with van der Waals surface area (Å²) in [7, 11) is 3.08. The Morgan fingerprint density at radius 1 is 1.22 bits per heavy atom. The molecule has 0 aliphatic carbocycles. The van der Waals surface area contributed by atoms with Crippen LogP contribution in [0.15, 0.2) is 18.2 Å². The molecule has 0 aromatic heterocycles. The van der Waals surface area contributed by atoms with Gasteiger partial charge in [0.05, 0.1) is 32.9 Å². The van der Waals surface area contributed by atoms with Gasteiger partial charge in [-0.25, -0.2) is 0 Å². The van der Waals surface area contributed by atoms with Crippen LogP contribution in [0.4, 0.5) is 0 Å². The maximum Gasteiger partial charge on any atom is 0.254 e. The molecule has 98 valence electrons. The minimum absolute atomic E-state index is 0.126. The predicted molar refractivity (Wildman–Crippen MR) is 66.1 cm³/mol. The Bertz CT molecular complexity index is 440. The molecule has 1 aromatic carbocycles. The second-order valence-corrected chi connectivity index (χ2v) is 4.76. The second kappa shape index (κ2) is 4.49. The molecule has 1 saturated heterocycles. The minimum atomic E-state index is -0.765. The van der Waals surface area contributed by atoms with Crippen LogP contribution in [0.5, 0.6) is 11.5 Å². The van der Waals surface area contributed by atoms with E-state index in [1.165, 1.54) is 14.2 Å². The summed E-state index contributed by atoms with van der Waals surface area (Å²) < 4.78 is 10.2. The Hall–Kier alpha value is -1.75. The second-order valence-electron chi connectivity index (χ2n) is 4.76. The van der Waals surface area contributed by atoms with Gasteiger partial charge in [0.1, 0.15) is 11.5 Å².